The minimum atomic E-state index is 0.242. The van der Waals surface area contributed by atoms with Gasteiger partial charge in [0.15, 0.2) is 5.17 Å². The second kappa shape index (κ2) is 5.98. The van der Waals surface area contributed by atoms with Crippen LogP contribution < -0.4 is 4.90 Å². The highest BCUT2D eigenvalue weighted by Gasteiger charge is 2.34. The highest BCUT2D eigenvalue weighted by atomic mass is 79.9. The Morgan fingerprint density at radius 3 is 2.40 bits per heavy atom. The third-order valence-corrected chi connectivity index (χ3v) is 6.79. The lowest BCUT2D eigenvalue weighted by molar-refractivity contribution is 0.392. The van der Waals surface area contributed by atoms with Gasteiger partial charge in [0.25, 0.3) is 0 Å². The molecule has 1 atom stereocenters. The van der Waals surface area contributed by atoms with Gasteiger partial charge in [-0.1, -0.05) is 45.9 Å². The number of amidine groups is 1. The Morgan fingerprint density at radius 2 is 1.80 bits per heavy atom. The molecule has 0 saturated carbocycles. The number of aliphatic imine (C=N–C) groups is 1. The summed E-state index contributed by atoms with van der Waals surface area (Å²) in [7, 11) is 0. The highest BCUT2D eigenvalue weighted by molar-refractivity contribution is 9.09. The van der Waals surface area contributed by atoms with Crippen molar-refractivity contribution in [1.29, 1.82) is 0 Å². The first-order valence-corrected chi connectivity index (χ1v) is 8.98. The lowest BCUT2D eigenvalue weighted by atomic mass is 10.2. The molecule has 0 amide bonds. The molecule has 0 spiro atoms. The third-order valence-electron chi connectivity index (χ3n) is 3.84. The smallest absolute Gasteiger partial charge is 0.159 e. The molecule has 0 N–H and O–H groups in total. The number of benzene rings is 1. The van der Waals surface area contributed by atoms with Crippen LogP contribution in [0.1, 0.15) is 6.92 Å². The van der Waals surface area contributed by atoms with Gasteiger partial charge in [-0.25, -0.2) is 0 Å². The molecule has 1 fully saturated rings. The highest BCUT2D eigenvalue weighted by Crippen LogP contribution is 2.35. The van der Waals surface area contributed by atoms with E-state index in [0.717, 1.165) is 38.1 Å². The Hall–Kier alpha value is -0.680. The van der Waals surface area contributed by atoms with E-state index >= 15 is 0 Å². The maximum absolute atomic E-state index is 4.74. The number of nitrogens with zero attached hydrogens (tertiary/aromatic N) is 3. The van der Waals surface area contributed by atoms with E-state index in [9.17, 15) is 0 Å². The van der Waals surface area contributed by atoms with Gasteiger partial charge in [-0.3, -0.25) is 4.99 Å². The third kappa shape index (κ3) is 2.98. The number of alkyl halides is 1. The minimum Gasteiger partial charge on any atom is -0.368 e. The van der Waals surface area contributed by atoms with E-state index in [2.05, 4.69) is 63.0 Å². The van der Waals surface area contributed by atoms with Gasteiger partial charge in [-0.05, 0) is 19.1 Å². The molecular weight excluding hydrogens is 334 g/mol. The summed E-state index contributed by atoms with van der Waals surface area (Å²) in [5.41, 5.74) is 1.33. The zero-order valence-corrected chi connectivity index (χ0v) is 14.2. The summed E-state index contributed by atoms with van der Waals surface area (Å²) in [5.74, 6) is 0. The average Bonchev–Trinajstić information content (AvgIpc) is 2.92. The van der Waals surface area contributed by atoms with Crippen LogP contribution in [0.5, 0.6) is 0 Å². The standard InChI is InChI=1S/C15H20BrN3S/c1-15(11-16)12-17-14(20-15)19-9-7-18(8-10-19)13-5-3-2-4-6-13/h2-6H,7-12H2,1H3/t15-/m1/s1. The predicted molar refractivity (Wildman–Crippen MR) is 92.3 cm³/mol. The van der Waals surface area contributed by atoms with Crippen molar-refractivity contribution in [3.63, 3.8) is 0 Å². The minimum absolute atomic E-state index is 0.242. The molecule has 5 heteroatoms. The maximum atomic E-state index is 4.74. The molecule has 3 rings (SSSR count). The Kier molecular flexibility index (Phi) is 4.26. The maximum Gasteiger partial charge on any atom is 0.159 e. The summed E-state index contributed by atoms with van der Waals surface area (Å²) < 4.78 is 0.242. The van der Waals surface area contributed by atoms with Gasteiger partial charge in [0.2, 0.25) is 0 Å². The average molecular weight is 354 g/mol. The zero-order chi connectivity index (χ0) is 14.0. The SMILES string of the molecule is C[C@@]1(CBr)CN=C(N2CCN(c3ccccc3)CC2)S1. The molecule has 2 aliphatic heterocycles. The number of halogens is 1. The summed E-state index contributed by atoms with van der Waals surface area (Å²) in [6.07, 6.45) is 0. The molecule has 0 aliphatic carbocycles. The summed E-state index contributed by atoms with van der Waals surface area (Å²) >= 11 is 5.53. The summed E-state index contributed by atoms with van der Waals surface area (Å²) in [6, 6.07) is 10.7. The molecule has 1 saturated heterocycles. The van der Waals surface area contributed by atoms with Crippen molar-refractivity contribution in [1.82, 2.24) is 4.90 Å². The van der Waals surface area contributed by atoms with E-state index in [1.807, 2.05) is 11.8 Å². The molecule has 1 aromatic carbocycles. The number of rotatable bonds is 2. The fourth-order valence-corrected chi connectivity index (χ4v) is 4.13. The van der Waals surface area contributed by atoms with Gasteiger partial charge in [0.1, 0.15) is 0 Å². The molecule has 3 nitrogen and oxygen atoms in total. The Morgan fingerprint density at radius 1 is 1.15 bits per heavy atom. The van der Waals surface area contributed by atoms with Crippen molar-refractivity contribution < 1.29 is 0 Å². The van der Waals surface area contributed by atoms with Crippen LogP contribution in [-0.4, -0.2) is 52.9 Å². The van der Waals surface area contributed by atoms with Crippen molar-refractivity contribution in [3.8, 4) is 0 Å². The molecular formula is C15H20BrN3S. The van der Waals surface area contributed by atoms with Crippen LogP contribution in [0.4, 0.5) is 5.69 Å². The summed E-state index contributed by atoms with van der Waals surface area (Å²) in [4.78, 5) is 9.64. The fourth-order valence-electron chi connectivity index (χ4n) is 2.55. The van der Waals surface area contributed by atoms with Gasteiger partial charge in [0.05, 0.1) is 11.3 Å². The van der Waals surface area contributed by atoms with E-state index in [0.29, 0.717) is 0 Å². The second-order valence-electron chi connectivity index (χ2n) is 5.59. The first kappa shape index (κ1) is 14.3. The molecule has 0 unspecified atom stereocenters. The normalized spacial score (nSPS) is 26.8. The first-order valence-electron chi connectivity index (χ1n) is 7.05. The quantitative estimate of drug-likeness (QED) is 0.761. The summed E-state index contributed by atoms with van der Waals surface area (Å²) in [5, 5.41) is 2.24. The lowest BCUT2D eigenvalue weighted by Crippen LogP contribution is -2.48. The number of hydrogen-bond acceptors (Lipinski definition) is 4. The van der Waals surface area contributed by atoms with Crippen molar-refractivity contribution in [2.45, 2.75) is 11.7 Å². The van der Waals surface area contributed by atoms with Gasteiger partial charge in [-0.15, -0.1) is 0 Å². The van der Waals surface area contributed by atoms with E-state index in [1.54, 1.807) is 0 Å². The Bertz CT molecular complexity index is 485. The number of anilines is 1. The van der Waals surface area contributed by atoms with Crippen LogP contribution in [0.3, 0.4) is 0 Å². The van der Waals surface area contributed by atoms with Crippen molar-refractivity contribution in [2.24, 2.45) is 4.99 Å². The number of para-hydroxylation sites is 1. The Labute approximate surface area is 133 Å². The molecule has 2 heterocycles. The van der Waals surface area contributed by atoms with Crippen LogP contribution in [0.15, 0.2) is 35.3 Å². The molecule has 0 bridgehead atoms. The van der Waals surface area contributed by atoms with E-state index in [1.165, 1.54) is 10.9 Å². The predicted octanol–water partition coefficient (Wildman–Crippen LogP) is 3.07. The van der Waals surface area contributed by atoms with Crippen molar-refractivity contribution in [2.75, 3.05) is 43.0 Å². The van der Waals surface area contributed by atoms with Crippen LogP contribution in [0.25, 0.3) is 0 Å². The van der Waals surface area contributed by atoms with E-state index < -0.39 is 0 Å². The zero-order valence-electron chi connectivity index (χ0n) is 11.8. The van der Waals surface area contributed by atoms with Crippen molar-refractivity contribution in [3.05, 3.63) is 30.3 Å². The number of thioether (sulfide) groups is 1. The molecule has 108 valence electrons. The molecule has 1 aromatic rings. The van der Waals surface area contributed by atoms with Crippen LogP contribution >= 0.6 is 27.7 Å². The fraction of sp³-hybridized carbons (Fsp3) is 0.533. The van der Waals surface area contributed by atoms with E-state index in [-0.39, 0.29) is 4.75 Å². The Balaban J connectivity index is 1.57. The van der Waals surface area contributed by atoms with Crippen LogP contribution in [0.2, 0.25) is 0 Å². The molecule has 2 aliphatic rings. The van der Waals surface area contributed by atoms with Crippen LogP contribution in [0, 0.1) is 0 Å². The monoisotopic (exact) mass is 353 g/mol. The second-order valence-corrected chi connectivity index (χ2v) is 7.71. The van der Waals surface area contributed by atoms with Gasteiger partial charge in [-0.2, -0.15) is 0 Å². The lowest BCUT2D eigenvalue weighted by Gasteiger charge is -2.37. The van der Waals surface area contributed by atoms with E-state index in [4.69, 9.17) is 4.99 Å². The van der Waals surface area contributed by atoms with Gasteiger partial charge < -0.3 is 9.80 Å². The molecule has 20 heavy (non-hydrogen) atoms. The first-order chi connectivity index (χ1) is 9.70. The largest absolute Gasteiger partial charge is 0.368 e. The topological polar surface area (TPSA) is 18.8 Å². The summed E-state index contributed by atoms with van der Waals surface area (Å²) in [6.45, 7) is 7.50. The van der Waals surface area contributed by atoms with Crippen molar-refractivity contribution >= 4 is 38.5 Å². The molecule has 0 radical (unpaired) electrons. The molecule has 0 aromatic heterocycles. The van der Waals surface area contributed by atoms with Gasteiger partial charge >= 0.3 is 0 Å². The van der Waals surface area contributed by atoms with Crippen LogP contribution in [-0.2, 0) is 0 Å². The number of piperazine rings is 1. The van der Waals surface area contributed by atoms with Gasteiger partial charge in [0, 0.05) is 37.2 Å². The number of hydrogen-bond donors (Lipinski definition) is 0.